The topological polar surface area (TPSA) is 39.1 Å². The zero-order chi connectivity index (χ0) is 14.6. The molecule has 0 saturated carbocycles. The fourth-order valence-corrected chi connectivity index (χ4v) is 3.03. The summed E-state index contributed by atoms with van der Waals surface area (Å²) >= 11 is 1.80. The van der Waals surface area contributed by atoms with Crippen molar-refractivity contribution in [1.82, 2.24) is 9.55 Å². The molecule has 20 heavy (non-hydrogen) atoms. The van der Waals surface area contributed by atoms with Crippen molar-refractivity contribution in [3.05, 3.63) is 34.8 Å². The van der Waals surface area contributed by atoms with E-state index in [4.69, 9.17) is 4.74 Å². The Labute approximate surface area is 124 Å². The summed E-state index contributed by atoms with van der Waals surface area (Å²) in [6, 6.07) is 4.56. The van der Waals surface area contributed by atoms with Crippen LogP contribution in [0.2, 0.25) is 0 Å². The summed E-state index contributed by atoms with van der Waals surface area (Å²) < 4.78 is 7.33. The molecule has 1 N–H and O–H groups in total. The van der Waals surface area contributed by atoms with Gasteiger partial charge in [-0.2, -0.15) is 0 Å². The van der Waals surface area contributed by atoms with E-state index in [0.29, 0.717) is 6.61 Å². The van der Waals surface area contributed by atoms with Crippen LogP contribution in [0.1, 0.15) is 31.7 Å². The molecule has 0 aliphatic heterocycles. The Morgan fingerprint density at radius 3 is 2.95 bits per heavy atom. The van der Waals surface area contributed by atoms with Gasteiger partial charge in [-0.3, -0.25) is 0 Å². The van der Waals surface area contributed by atoms with Crippen molar-refractivity contribution in [1.29, 1.82) is 0 Å². The number of hydrogen-bond acceptors (Lipinski definition) is 4. The number of hydrogen-bond donors (Lipinski definition) is 1. The second-order valence-corrected chi connectivity index (χ2v) is 6.62. The zero-order valence-corrected chi connectivity index (χ0v) is 13.4. The largest absolute Gasteiger partial charge is 0.383 e. The van der Waals surface area contributed by atoms with Crippen molar-refractivity contribution < 1.29 is 4.74 Å². The highest BCUT2D eigenvalue weighted by Crippen LogP contribution is 2.27. The zero-order valence-electron chi connectivity index (χ0n) is 12.6. The maximum Gasteiger partial charge on any atom is 0.203 e. The molecular weight excluding hydrogens is 270 g/mol. The molecule has 0 amide bonds. The number of nitrogens with zero attached hydrogens (tertiary/aromatic N) is 2. The molecule has 0 saturated heterocycles. The van der Waals surface area contributed by atoms with Crippen molar-refractivity contribution in [2.24, 2.45) is 0 Å². The summed E-state index contributed by atoms with van der Waals surface area (Å²) in [5.74, 6) is 0.902. The van der Waals surface area contributed by atoms with Crippen molar-refractivity contribution in [3.63, 3.8) is 0 Å². The van der Waals surface area contributed by atoms with Crippen LogP contribution in [0.15, 0.2) is 29.9 Å². The number of imidazole rings is 1. The van der Waals surface area contributed by atoms with Crippen LogP contribution in [-0.2, 0) is 10.2 Å². The molecule has 2 heterocycles. The number of thiophene rings is 1. The van der Waals surface area contributed by atoms with Crippen LogP contribution in [0.25, 0.3) is 0 Å². The van der Waals surface area contributed by atoms with Gasteiger partial charge in [-0.25, -0.2) is 4.98 Å². The van der Waals surface area contributed by atoms with Crippen molar-refractivity contribution in [2.75, 3.05) is 25.6 Å². The highest BCUT2D eigenvalue weighted by Gasteiger charge is 2.22. The summed E-state index contributed by atoms with van der Waals surface area (Å²) in [7, 11) is 1.72. The molecule has 0 fully saturated rings. The van der Waals surface area contributed by atoms with Crippen LogP contribution in [0.4, 0.5) is 5.95 Å². The Morgan fingerprint density at radius 1 is 1.50 bits per heavy atom. The highest BCUT2D eigenvalue weighted by molar-refractivity contribution is 7.10. The van der Waals surface area contributed by atoms with Gasteiger partial charge in [-0.05, 0) is 18.4 Å². The van der Waals surface area contributed by atoms with Crippen LogP contribution < -0.4 is 5.32 Å². The lowest BCUT2D eigenvalue weighted by Gasteiger charge is -2.25. The number of aromatic nitrogens is 2. The fourth-order valence-electron chi connectivity index (χ4n) is 2.18. The SMILES string of the molecule is COCC(C)n1ccnc1NCC(C)(C)c1cccs1. The first-order valence-corrected chi connectivity index (χ1v) is 7.72. The van der Waals surface area contributed by atoms with Gasteiger partial charge in [0.05, 0.1) is 12.6 Å². The molecule has 0 aromatic carbocycles. The maximum atomic E-state index is 5.21. The number of ether oxygens (including phenoxy) is 1. The standard InChI is InChI=1S/C15H23N3OS/c1-12(10-19-4)18-8-7-16-14(18)17-11-15(2,3)13-6-5-9-20-13/h5-9,12H,10-11H2,1-4H3,(H,16,17). The Balaban J connectivity index is 2.03. The van der Waals surface area contributed by atoms with Gasteiger partial charge >= 0.3 is 0 Å². The lowest BCUT2D eigenvalue weighted by molar-refractivity contribution is 0.163. The molecule has 1 unspecified atom stereocenters. The van der Waals surface area contributed by atoms with E-state index in [1.807, 2.05) is 12.4 Å². The Morgan fingerprint density at radius 2 is 2.30 bits per heavy atom. The number of nitrogens with one attached hydrogen (secondary N) is 1. The molecule has 0 aliphatic rings. The first-order valence-electron chi connectivity index (χ1n) is 6.84. The average molecular weight is 293 g/mol. The molecule has 2 aromatic heterocycles. The summed E-state index contributed by atoms with van der Waals surface area (Å²) in [4.78, 5) is 5.79. The van der Waals surface area contributed by atoms with Gasteiger partial charge in [0.1, 0.15) is 0 Å². The van der Waals surface area contributed by atoms with E-state index in [1.165, 1.54) is 4.88 Å². The smallest absolute Gasteiger partial charge is 0.203 e. The normalized spacial score (nSPS) is 13.4. The second-order valence-electron chi connectivity index (χ2n) is 5.68. The third-order valence-electron chi connectivity index (χ3n) is 3.43. The van der Waals surface area contributed by atoms with E-state index >= 15 is 0 Å². The van der Waals surface area contributed by atoms with Gasteiger partial charge in [0.15, 0.2) is 0 Å². The predicted molar refractivity (Wildman–Crippen MR) is 84.6 cm³/mol. The van der Waals surface area contributed by atoms with Gasteiger partial charge in [-0.1, -0.05) is 19.9 Å². The third kappa shape index (κ3) is 3.41. The quantitative estimate of drug-likeness (QED) is 0.848. The molecule has 110 valence electrons. The van der Waals surface area contributed by atoms with Gasteiger partial charge in [0, 0.05) is 36.3 Å². The van der Waals surface area contributed by atoms with Crippen LogP contribution in [0.3, 0.4) is 0 Å². The second kappa shape index (κ2) is 6.41. The van der Waals surface area contributed by atoms with E-state index in [1.54, 1.807) is 18.4 Å². The van der Waals surface area contributed by atoms with E-state index in [0.717, 1.165) is 12.5 Å². The molecule has 0 spiro atoms. The first kappa shape index (κ1) is 15.1. The van der Waals surface area contributed by atoms with Crippen LogP contribution in [-0.4, -0.2) is 29.8 Å². The number of anilines is 1. The van der Waals surface area contributed by atoms with Gasteiger partial charge in [-0.15, -0.1) is 11.3 Å². The molecular formula is C15H23N3OS. The van der Waals surface area contributed by atoms with Crippen LogP contribution in [0, 0.1) is 0 Å². The lowest BCUT2D eigenvalue weighted by Crippen LogP contribution is -2.28. The average Bonchev–Trinajstić information content (AvgIpc) is 3.08. The molecule has 2 rings (SSSR count). The Hall–Kier alpha value is -1.33. The monoisotopic (exact) mass is 293 g/mol. The molecule has 0 radical (unpaired) electrons. The molecule has 4 nitrogen and oxygen atoms in total. The summed E-state index contributed by atoms with van der Waals surface area (Å²) in [5.41, 5.74) is 0.0927. The van der Waals surface area contributed by atoms with E-state index < -0.39 is 0 Å². The molecule has 1 atom stereocenters. The molecule has 2 aromatic rings. The minimum Gasteiger partial charge on any atom is -0.383 e. The fraction of sp³-hybridized carbons (Fsp3) is 0.533. The van der Waals surface area contributed by atoms with Crippen molar-refractivity contribution in [2.45, 2.75) is 32.2 Å². The summed E-state index contributed by atoms with van der Waals surface area (Å²) in [6.07, 6.45) is 3.82. The minimum atomic E-state index is 0.0927. The van der Waals surface area contributed by atoms with Crippen molar-refractivity contribution in [3.8, 4) is 0 Å². The van der Waals surface area contributed by atoms with Crippen LogP contribution in [0.5, 0.6) is 0 Å². The highest BCUT2D eigenvalue weighted by atomic mass is 32.1. The third-order valence-corrected chi connectivity index (χ3v) is 4.66. The van der Waals surface area contributed by atoms with Gasteiger partial charge < -0.3 is 14.6 Å². The van der Waals surface area contributed by atoms with E-state index in [9.17, 15) is 0 Å². The Kier molecular flexibility index (Phi) is 4.83. The Bertz CT molecular complexity index is 519. The molecule has 0 bridgehead atoms. The first-order chi connectivity index (χ1) is 9.54. The lowest BCUT2D eigenvalue weighted by atomic mass is 9.91. The van der Waals surface area contributed by atoms with Crippen LogP contribution >= 0.6 is 11.3 Å². The predicted octanol–water partition coefficient (Wildman–Crippen LogP) is 3.54. The number of rotatable bonds is 7. The van der Waals surface area contributed by atoms with E-state index in [2.05, 4.69) is 53.2 Å². The molecule has 0 aliphatic carbocycles. The maximum absolute atomic E-state index is 5.21. The molecule has 5 heteroatoms. The van der Waals surface area contributed by atoms with Gasteiger partial charge in [0.2, 0.25) is 5.95 Å². The summed E-state index contributed by atoms with van der Waals surface area (Å²) in [5, 5.41) is 5.59. The number of methoxy groups -OCH3 is 1. The van der Waals surface area contributed by atoms with E-state index in [-0.39, 0.29) is 11.5 Å². The van der Waals surface area contributed by atoms with Crippen molar-refractivity contribution >= 4 is 17.3 Å². The summed E-state index contributed by atoms with van der Waals surface area (Å²) in [6.45, 7) is 8.15. The minimum absolute atomic E-state index is 0.0927. The van der Waals surface area contributed by atoms with Gasteiger partial charge in [0.25, 0.3) is 0 Å².